The molecule has 2 aromatic heterocycles. The summed E-state index contributed by atoms with van der Waals surface area (Å²) in [6.45, 7) is 0. The zero-order chi connectivity index (χ0) is 31.6. The SMILES string of the molecule is c1ccc(C2N=C(c3ccc4ccccc4c3)N=C(c3ccc(-c4cc5c6ccccc6oc5c5c4sc4ccccc45)cc3)N2)cc1. The first-order chi connectivity index (χ1) is 23.8. The minimum Gasteiger partial charge on any atom is -0.455 e. The highest BCUT2D eigenvalue weighted by Crippen LogP contribution is 2.46. The Balaban J connectivity index is 1.10. The van der Waals surface area contributed by atoms with Gasteiger partial charge in [-0.3, -0.25) is 0 Å². The number of hydrogen-bond acceptors (Lipinski definition) is 5. The molecule has 226 valence electrons. The van der Waals surface area contributed by atoms with Crippen molar-refractivity contribution in [2.24, 2.45) is 9.98 Å². The van der Waals surface area contributed by atoms with Crippen molar-refractivity contribution in [3.63, 3.8) is 0 Å². The Morgan fingerprint density at radius 2 is 1.29 bits per heavy atom. The van der Waals surface area contributed by atoms with E-state index in [0.29, 0.717) is 0 Å². The van der Waals surface area contributed by atoms with Crippen molar-refractivity contribution in [2.75, 3.05) is 0 Å². The predicted molar refractivity (Wildman–Crippen MR) is 201 cm³/mol. The average molecular weight is 634 g/mol. The third-order valence-corrected chi connectivity index (χ3v) is 10.5. The van der Waals surface area contributed by atoms with E-state index in [-0.39, 0.29) is 6.17 Å². The van der Waals surface area contributed by atoms with Crippen molar-refractivity contribution in [1.82, 2.24) is 5.32 Å². The number of fused-ring (bicyclic) bond motifs is 8. The summed E-state index contributed by atoms with van der Waals surface area (Å²) in [5.41, 5.74) is 7.32. The van der Waals surface area contributed by atoms with Crippen molar-refractivity contribution in [1.29, 1.82) is 0 Å². The van der Waals surface area contributed by atoms with Gasteiger partial charge in [-0.15, -0.1) is 11.3 Å². The molecule has 0 spiro atoms. The van der Waals surface area contributed by atoms with E-state index in [9.17, 15) is 0 Å². The molecule has 3 heterocycles. The molecule has 0 bridgehead atoms. The van der Waals surface area contributed by atoms with Crippen LogP contribution in [-0.2, 0) is 0 Å². The fraction of sp³-hybridized carbons (Fsp3) is 0.0233. The monoisotopic (exact) mass is 633 g/mol. The van der Waals surface area contributed by atoms with Crippen LogP contribution in [0.5, 0.6) is 0 Å². The molecule has 1 aliphatic rings. The first-order valence-electron chi connectivity index (χ1n) is 16.1. The van der Waals surface area contributed by atoms with E-state index in [1.165, 1.54) is 36.5 Å². The first kappa shape index (κ1) is 27.1. The van der Waals surface area contributed by atoms with Crippen LogP contribution in [0.3, 0.4) is 0 Å². The molecule has 0 saturated carbocycles. The summed E-state index contributed by atoms with van der Waals surface area (Å²) in [6, 6.07) is 53.2. The summed E-state index contributed by atoms with van der Waals surface area (Å²) >= 11 is 1.82. The Hall–Kier alpha value is -6.04. The lowest BCUT2D eigenvalue weighted by atomic mass is 9.98. The number of benzene rings is 7. The molecule has 0 amide bonds. The van der Waals surface area contributed by atoms with Crippen LogP contribution in [0.4, 0.5) is 0 Å². The molecule has 0 radical (unpaired) electrons. The van der Waals surface area contributed by atoms with Crippen LogP contribution in [-0.4, -0.2) is 11.7 Å². The molecule has 0 aliphatic carbocycles. The van der Waals surface area contributed by atoms with E-state index in [4.69, 9.17) is 14.4 Å². The van der Waals surface area contributed by atoms with Gasteiger partial charge in [-0.05, 0) is 46.2 Å². The molecule has 10 rings (SSSR count). The first-order valence-corrected chi connectivity index (χ1v) is 16.9. The molecule has 0 saturated heterocycles. The summed E-state index contributed by atoms with van der Waals surface area (Å²) in [4.78, 5) is 10.2. The van der Waals surface area contributed by atoms with E-state index < -0.39 is 0 Å². The van der Waals surface area contributed by atoms with E-state index in [0.717, 1.165) is 55.9 Å². The Labute approximate surface area is 280 Å². The number of amidine groups is 2. The molecule has 5 heteroatoms. The van der Waals surface area contributed by atoms with Crippen LogP contribution in [0.25, 0.3) is 64.0 Å². The highest BCUT2D eigenvalue weighted by atomic mass is 32.1. The van der Waals surface area contributed by atoms with Gasteiger partial charge in [0, 0.05) is 47.6 Å². The molecule has 1 N–H and O–H groups in total. The lowest BCUT2D eigenvalue weighted by Gasteiger charge is -2.24. The minimum atomic E-state index is -0.255. The van der Waals surface area contributed by atoms with Gasteiger partial charge >= 0.3 is 0 Å². The van der Waals surface area contributed by atoms with Gasteiger partial charge in [-0.25, -0.2) is 9.98 Å². The zero-order valence-electron chi connectivity index (χ0n) is 25.7. The van der Waals surface area contributed by atoms with Gasteiger partial charge in [-0.1, -0.05) is 127 Å². The van der Waals surface area contributed by atoms with Crippen LogP contribution < -0.4 is 5.32 Å². The van der Waals surface area contributed by atoms with Crippen LogP contribution in [0.15, 0.2) is 166 Å². The molecule has 48 heavy (non-hydrogen) atoms. The lowest BCUT2D eigenvalue weighted by molar-refractivity contribution is 0.673. The van der Waals surface area contributed by atoms with Gasteiger partial charge in [0.2, 0.25) is 0 Å². The minimum absolute atomic E-state index is 0.255. The van der Waals surface area contributed by atoms with E-state index in [2.05, 4.69) is 145 Å². The third kappa shape index (κ3) is 4.36. The third-order valence-electron chi connectivity index (χ3n) is 9.32. The smallest absolute Gasteiger partial charge is 0.159 e. The number of furan rings is 1. The maximum Gasteiger partial charge on any atom is 0.159 e. The van der Waals surface area contributed by atoms with Crippen LogP contribution >= 0.6 is 11.3 Å². The number of thiophene rings is 1. The molecular formula is C43H27N3OS. The Morgan fingerprint density at radius 3 is 2.17 bits per heavy atom. The molecule has 1 aliphatic heterocycles. The maximum atomic E-state index is 6.51. The molecular weight excluding hydrogens is 607 g/mol. The standard InChI is InChI=1S/C43H27N3OS/c1-2-11-28(12-3-1)41-44-42(46-43(45-41)31-23-18-26-10-4-5-13-30(26)24-31)29-21-19-27(20-22-29)34-25-35-32-14-6-8-16-36(32)47-39(35)38-33-15-7-9-17-37(33)48-40(34)38/h1-25,41H,(H,44,45,46). The number of nitrogens with zero attached hydrogens (tertiary/aromatic N) is 2. The van der Waals surface area contributed by atoms with Crippen molar-refractivity contribution in [3.05, 3.63) is 168 Å². The van der Waals surface area contributed by atoms with Gasteiger partial charge in [0.05, 0.1) is 0 Å². The van der Waals surface area contributed by atoms with Gasteiger partial charge in [-0.2, -0.15) is 0 Å². The second kappa shape index (κ2) is 10.8. The summed E-state index contributed by atoms with van der Waals surface area (Å²) in [6.07, 6.45) is -0.255. The number of para-hydroxylation sites is 1. The Morgan fingerprint density at radius 1 is 0.583 bits per heavy atom. The highest BCUT2D eigenvalue weighted by Gasteiger charge is 2.22. The average Bonchev–Trinajstić information content (AvgIpc) is 3.73. The Bertz CT molecular complexity index is 2750. The fourth-order valence-corrected chi connectivity index (χ4v) is 8.18. The highest BCUT2D eigenvalue weighted by molar-refractivity contribution is 7.26. The van der Waals surface area contributed by atoms with Gasteiger partial charge in [0.1, 0.15) is 23.2 Å². The molecule has 7 aromatic carbocycles. The number of hydrogen-bond donors (Lipinski definition) is 1. The van der Waals surface area contributed by atoms with Crippen LogP contribution in [0.1, 0.15) is 22.9 Å². The van der Waals surface area contributed by atoms with E-state index in [1.807, 2.05) is 23.5 Å². The Kier molecular flexibility index (Phi) is 6.08. The molecule has 0 fully saturated rings. The summed E-state index contributed by atoms with van der Waals surface area (Å²) in [5, 5.41) is 10.7. The predicted octanol–water partition coefficient (Wildman–Crippen LogP) is 11.3. The molecule has 1 unspecified atom stereocenters. The second-order valence-electron chi connectivity index (χ2n) is 12.2. The second-order valence-corrected chi connectivity index (χ2v) is 13.3. The lowest BCUT2D eigenvalue weighted by Crippen LogP contribution is -2.33. The van der Waals surface area contributed by atoms with Crippen molar-refractivity contribution in [3.8, 4) is 11.1 Å². The molecule has 9 aromatic rings. The summed E-state index contributed by atoms with van der Waals surface area (Å²) in [5.74, 6) is 1.52. The van der Waals surface area contributed by atoms with E-state index in [1.54, 1.807) is 0 Å². The van der Waals surface area contributed by atoms with Gasteiger partial charge in [0.15, 0.2) is 5.84 Å². The summed E-state index contributed by atoms with van der Waals surface area (Å²) < 4.78 is 9.00. The zero-order valence-corrected chi connectivity index (χ0v) is 26.5. The number of rotatable bonds is 4. The summed E-state index contributed by atoms with van der Waals surface area (Å²) in [7, 11) is 0. The number of aliphatic imine (C=N–C) groups is 2. The van der Waals surface area contributed by atoms with Gasteiger partial charge < -0.3 is 9.73 Å². The molecule has 4 nitrogen and oxygen atoms in total. The van der Waals surface area contributed by atoms with Crippen LogP contribution in [0.2, 0.25) is 0 Å². The van der Waals surface area contributed by atoms with Crippen molar-refractivity contribution >= 4 is 75.9 Å². The van der Waals surface area contributed by atoms with Gasteiger partial charge in [0.25, 0.3) is 0 Å². The topological polar surface area (TPSA) is 49.9 Å². The number of nitrogens with one attached hydrogen (secondary N) is 1. The van der Waals surface area contributed by atoms with Crippen molar-refractivity contribution < 1.29 is 4.42 Å². The molecule has 1 atom stereocenters. The van der Waals surface area contributed by atoms with Crippen LogP contribution in [0, 0.1) is 0 Å². The van der Waals surface area contributed by atoms with E-state index >= 15 is 0 Å². The normalized spacial score (nSPS) is 14.9. The quantitative estimate of drug-likeness (QED) is 0.210. The maximum absolute atomic E-state index is 6.51. The largest absolute Gasteiger partial charge is 0.455 e. The fourth-order valence-electron chi connectivity index (χ4n) is 6.95. The van der Waals surface area contributed by atoms with Crippen molar-refractivity contribution in [2.45, 2.75) is 6.17 Å².